The quantitative estimate of drug-likeness (QED) is 0.856. The number of carbonyl (C=O) groups excluding carboxylic acids is 2. The molecule has 1 amide bonds. The third-order valence-corrected chi connectivity index (χ3v) is 4.91. The number of hydrogen-bond donors (Lipinski definition) is 1. The summed E-state index contributed by atoms with van der Waals surface area (Å²) in [6.07, 6.45) is 2.26. The summed E-state index contributed by atoms with van der Waals surface area (Å²) >= 11 is 0. The Morgan fingerprint density at radius 3 is 3.00 bits per heavy atom. The summed E-state index contributed by atoms with van der Waals surface area (Å²) in [5.74, 6) is -0.272. The van der Waals surface area contributed by atoms with Crippen molar-refractivity contribution >= 4 is 22.8 Å². The van der Waals surface area contributed by atoms with Crippen LogP contribution in [0.4, 0.5) is 0 Å². The lowest BCUT2D eigenvalue weighted by Gasteiger charge is -2.29. The van der Waals surface area contributed by atoms with Crippen molar-refractivity contribution in [3.8, 4) is 0 Å². The molecule has 6 nitrogen and oxygen atoms in total. The standard InChI is InChI=1S/C18H20N2O4/c1-23-18(22)11-4-5-14-12(9-11)13-10-20(7-6-15(13)19-14)17(21)16-3-2-8-24-16/h4-5,9,16,19H,2-3,6-8,10H2,1H3/t16-/m0/s1. The summed E-state index contributed by atoms with van der Waals surface area (Å²) in [6, 6.07) is 5.49. The highest BCUT2D eigenvalue weighted by Crippen LogP contribution is 2.29. The minimum absolute atomic E-state index is 0.0802. The fourth-order valence-corrected chi connectivity index (χ4v) is 3.62. The Labute approximate surface area is 139 Å². The Hall–Kier alpha value is -2.34. The van der Waals surface area contributed by atoms with Crippen LogP contribution in [0, 0.1) is 0 Å². The van der Waals surface area contributed by atoms with E-state index < -0.39 is 0 Å². The zero-order chi connectivity index (χ0) is 16.7. The summed E-state index contributed by atoms with van der Waals surface area (Å²) < 4.78 is 10.3. The van der Waals surface area contributed by atoms with Crippen molar-refractivity contribution in [2.24, 2.45) is 0 Å². The summed E-state index contributed by atoms with van der Waals surface area (Å²) in [4.78, 5) is 29.7. The highest BCUT2D eigenvalue weighted by molar-refractivity contribution is 5.96. The number of aromatic amines is 1. The Bertz CT molecular complexity index is 805. The number of nitrogens with zero attached hydrogens (tertiary/aromatic N) is 1. The van der Waals surface area contributed by atoms with E-state index in [1.165, 1.54) is 7.11 Å². The van der Waals surface area contributed by atoms with Crippen LogP contribution in [0.15, 0.2) is 18.2 Å². The molecule has 2 aliphatic rings. The van der Waals surface area contributed by atoms with Crippen LogP contribution < -0.4 is 0 Å². The number of aromatic nitrogens is 1. The molecule has 6 heteroatoms. The maximum Gasteiger partial charge on any atom is 0.337 e. The number of H-pyrrole nitrogens is 1. The van der Waals surface area contributed by atoms with Gasteiger partial charge in [-0.3, -0.25) is 4.79 Å². The van der Waals surface area contributed by atoms with Crippen LogP contribution in [-0.2, 0) is 27.2 Å². The van der Waals surface area contributed by atoms with Crippen molar-refractivity contribution in [3.05, 3.63) is 35.0 Å². The summed E-state index contributed by atoms with van der Waals surface area (Å²) in [5, 5.41) is 0.984. The third kappa shape index (κ3) is 2.47. The van der Waals surface area contributed by atoms with E-state index in [1.807, 2.05) is 17.0 Å². The lowest BCUT2D eigenvalue weighted by molar-refractivity contribution is -0.141. The predicted molar refractivity (Wildman–Crippen MR) is 87.7 cm³/mol. The third-order valence-electron chi connectivity index (χ3n) is 4.91. The Balaban J connectivity index is 1.66. The van der Waals surface area contributed by atoms with Gasteiger partial charge in [0.25, 0.3) is 5.91 Å². The predicted octanol–water partition coefficient (Wildman–Crippen LogP) is 2.02. The van der Waals surface area contributed by atoms with Crippen LogP contribution in [0.1, 0.15) is 34.5 Å². The smallest absolute Gasteiger partial charge is 0.337 e. The molecule has 0 bridgehead atoms. The summed E-state index contributed by atoms with van der Waals surface area (Å²) in [7, 11) is 1.38. The average molecular weight is 328 g/mol. The van der Waals surface area contributed by atoms with Crippen molar-refractivity contribution in [1.29, 1.82) is 0 Å². The van der Waals surface area contributed by atoms with E-state index in [2.05, 4.69) is 4.98 Å². The van der Waals surface area contributed by atoms with Gasteiger partial charge in [-0.15, -0.1) is 0 Å². The molecule has 0 unspecified atom stereocenters. The molecule has 24 heavy (non-hydrogen) atoms. The number of carbonyl (C=O) groups is 2. The number of rotatable bonds is 2. The Kier molecular flexibility index (Phi) is 3.76. The average Bonchev–Trinajstić information content (AvgIpc) is 3.27. The van der Waals surface area contributed by atoms with Crippen LogP contribution in [0.2, 0.25) is 0 Å². The second-order valence-corrected chi connectivity index (χ2v) is 6.35. The maximum atomic E-state index is 12.6. The molecule has 2 aromatic rings. The van der Waals surface area contributed by atoms with Crippen molar-refractivity contribution in [3.63, 3.8) is 0 Å². The van der Waals surface area contributed by atoms with Crippen LogP contribution in [0.5, 0.6) is 0 Å². The van der Waals surface area contributed by atoms with Gasteiger partial charge < -0.3 is 19.4 Å². The van der Waals surface area contributed by atoms with Crippen molar-refractivity contribution in [1.82, 2.24) is 9.88 Å². The Morgan fingerprint density at radius 1 is 1.38 bits per heavy atom. The van der Waals surface area contributed by atoms with Crippen LogP contribution in [0.3, 0.4) is 0 Å². The first-order valence-corrected chi connectivity index (χ1v) is 8.29. The van der Waals surface area contributed by atoms with Crippen molar-refractivity contribution < 1.29 is 19.1 Å². The molecule has 1 aromatic heterocycles. The van der Waals surface area contributed by atoms with Gasteiger partial charge in [-0.2, -0.15) is 0 Å². The van der Waals surface area contributed by atoms with Gasteiger partial charge in [0, 0.05) is 48.3 Å². The molecule has 1 fully saturated rings. The number of fused-ring (bicyclic) bond motifs is 3. The first-order chi connectivity index (χ1) is 11.7. The molecule has 0 spiro atoms. The van der Waals surface area contributed by atoms with Crippen molar-refractivity contribution in [2.45, 2.75) is 31.9 Å². The van der Waals surface area contributed by atoms with E-state index >= 15 is 0 Å². The zero-order valence-corrected chi connectivity index (χ0v) is 13.6. The number of esters is 1. The fraction of sp³-hybridized carbons (Fsp3) is 0.444. The summed E-state index contributed by atoms with van der Waals surface area (Å²) in [5.41, 5.74) is 3.74. The minimum Gasteiger partial charge on any atom is -0.465 e. The molecule has 0 radical (unpaired) electrons. The second kappa shape index (κ2) is 5.94. The first kappa shape index (κ1) is 15.2. The number of nitrogens with one attached hydrogen (secondary N) is 1. The highest BCUT2D eigenvalue weighted by Gasteiger charge is 2.31. The van der Waals surface area contributed by atoms with E-state index in [9.17, 15) is 9.59 Å². The normalized spacial score (nSPS) is 20.2. The molecule has 0 saturated carbocycles. The molecule has 0 aliphatic carbocycles. The van der Waals surface area contributed by atoms with Gasteiger partial charge >= 0.3 is 5.97 Å². The van der Waals surface area contributed by atoms with Gasteiger partial charge in [0.1, 0.15) is 6.10 Å². The first-order valence-electron chi connectivity index (χ1n) is 8.29. The van der Waals surface area contributed by atoms with E-state index in [4.69, 9.17) is 9.47 Å². The van der Waals surface area contributed by atoms with Gasteiger partial charge in [0.15, 0.2) is 0 Å². The maximum absolute atomic E-state index is 12.6. The van der Waals surface area contributed by atoms with E-state index in [1.54, 1.807) is 6.07 Å². The largest absolute Gasteiger partial charge is 0.465 e. The van der Waals surface area contributed by atoms with Gasteiger partial charge in [-0.1, -0.05) is 0 Å². The fourth-order valence-electron chi connectivity index (χ4n) is 3.62. The topological polar surface area (TPSA) is 71.6 Å². The van der Waals surface area contributed by atoms with Crippen LogP contribution in [-0.4, -0.2) is 48.1 Å². The minimum atomic E-state index is -0.352. The molecular formula is C18H20N2O4. The molecule has 1 atom stereocenters. The Morgan fingerprint density at radius 2 is 2.25 bits per heavy atom. The van der Waals surface area contributed by atoms with E-state index in [-0.39, 0.29) is 18.0 Å². The van der Waals surface area contributed by atoms with Crippen LogP contribution >= 0.6 is 0 Å². The number of benzene rings is 1. The highest BCUT2D eigenvalue weighted by atomic mass is 16.5. The van der Waals surface area contributed by atoms with E-state index in [0.29, 0.717) is 25.3 Å². The molecule has 4 rings (SSSR count). The van der Waals surface area contributed by atoms with Gasteiger partial charge in [-0.25, -0.2) is 4.79 Å². The zero-order valence-electron chi connectivity index (χ0n) is 13.6. The molecule has 1 saturated heterocycles. The van der Waals surface area contributed by atoms with Crippen LogP contribution in [0.25, 0.3) is 10.9 Å². The lowest BCUT2D eigenvalue weighted by Crippen LogP contribution is -2.41. The molecule has 3 heterocycles. The van der Waals surface area contributed by atoms with Gasteiger partial charge in [-0.05, 0) is 31.0 Å². The number of hydrogen-bond acceptors (Lipinski definition) is 4. The SMILES string of the molecule is COC(=O)c1ccc2[nH]c3c(c2c1)CN(C(=O)[C@@H]1CCCO1)CC3. The van der Waals surface area contributed by atoms with Gasteiger partial charge in [0.05, 0.1) is 12.7 Å². The molecule has 1 N–H and O–H groups in total. The van der Waals surface area contributed by atoms with Crippen molar-refractivity contribution in [2.75, 3.05) is 20.3 Å². The molecular weight excluding hydrogens is 308 g/mol. The number of ether oxygens (including phenoxy) is 2. The number of methoxy groups -OCH3 is 1. The molecule has 1 aromatic carbocycles. The molecule has 126 valence electrons. The molecule has 2 aliphatic heterocycles. The van der Waals surface area contributed by atoms with Gasteiger partial charge in [0.2, 0.25) is 0 Å². The number of amides is 1. The second-order valence-electron chi connectivity index (χ2n) is 6.35. The lowest BCUT2D eigenvalue weighted by atomic mass is 10.0. The van der Waals surface area contributed by atoms with E-state index in [0.717, 1.165) is 41.4 Å². The summed E-state index contributed by atoms with van der Waals surface area (Å²) in [6.45, 7) is 1.92. The monoisotopic (exact) mass is 328 g/mol.